The molecule has 2 nitrogen and oxygen atoms in total. The monoisotopic (exact) mass is 226 g/mol. The maximum absolute atomic E-state index is 6.02. The number of nitrogens with zero attached hydrogens (tertiary/aromatic N) is 1. The smallest absolute Gasteiger partial charge is 0.0326 e. The van der Waals surface area contributed by atoms with Crippen LogP contribution in [0.3, 0.4) is 0 Å². The van der Waals surface area contributed by atoms with Crippen LogP contribution in [0.15, 0.2) is 0 Å². The Morgan fingerprint density at radius 2 is 1.88 bits per heavy atom. The van der Waals surface area contributed by atoms with Gasteiger partial charge in [-0.1, -0.05) is 33.6 Å². The second-order valence-corrected chi connectivity index (χ2v) is 6.16. The van der Waals surface area contributed by atoms with Gasteiger partial charge in [0.2, 0.25) is 0 Å². The topological polar surface area (TPSA) is 29.3 Å². The van der Waals surface area contributed by atoms with Crippen molar-refractivity contribution >= 4 is 0 Å². The molecule has 1 rings (SSSR count). The molecule has 0 aromatic carbocycles. The normalized spacial score (nSPS) is 30.8. The van der Waals surface area contributed by atoms with Gasteiger partial charge < -0.3 is 5.73 Å². The summed E-state index contributed by atoms with van der Waals surface area (Å²) in [5, 5.41) is 0. The summed E-state index contributed by atoms with van der Waals surface area (Å²) >= 11 is 0. The zero-order valence-electron chi connectivity index (χ0n) is 11.8. The van der Waals surface area contributed by atoms with Crippen molar-refractivity contribution in [1.29, 1.82) is 0 Å². The first-order chi connectivity index (χ1) is 7.43. The predicted molar refractivity (Wildman–Crippen MR) is 71.5 cm³/mol. The molecule has 1 fully saturated rings. The largest absolute Gasteiger partial charge is 0.329 e. The van der Waals surface area contributed by atoms with Crippen molar-refractivity contribution in [3.63, 3.8) is 0 Å². The molecule has 0 aromatic rings. The van der Waals surface area contributed by atoms with E-state index in [0.29, 0.717) is 5.92 Å². The lowest BCUT2D eigenvalue weighted by molar-refractivity contribution is 0.0139. The first-order valence-electron chi connectivity index (χ1n) is 6.86. The van der Waals surface area contributed by atoms with Crippen LogP contribution in [0.4, 0.5) is 0 Å². The maximum Gasteiger partial charge on any atom is 0.0326 e. The third kappa shape index (κ3) is 2.60. The minimum atomic E-state index is 0.149. The molecule has 0 radical (unpaired) electrons. The van der Waals surface area contributed by atoms with Crippen molar-refractivity contribution in [3.8, 4) is 0 Å². The fourth-order valence-electron chi connectivity index (χ4n) is 3.04. The Kier molecular flexibility index (Phi) is 4.81. The summed E-state index contributed by atoms with van der Waals surface area (Å²) in [6, 6.07) is 0.727. The van der Waals surface area contributed by atoms with Crippen LogP contribution in [0.5, 0.6) is 0 Å². The first-order valence-corrected chi connectivity index (χ1v) is 6.86. The third-order valence-electron chi connectivity index (χ3n) is 5.03. The van der Waals surface area contributed by atoms with Gasteiger partial charge in [-0.25, -0.2) is 0 Å². The lowest BCUT2D eigenvalue weighted by atomic mass is 9.79. The molecule has 1 saturated carbocycles. The van der Waals surface area contributed by atoms with Crippen molar-refractivity contribution in [2.45, 2.75) is 65.0 Å². The van der Waals surface area contributed by atoms with Gasteiger partial charge >= 0.3 is 0 Å². The van der Waals surface area contributed by atoms with E-state index in [2.05, 4.69) is 39.6 Å². The Morgan fingerprint density at radius 1 is 1.31 bits per heavy atom. The van der Waals surface area contributed by atoms with E-state index in [1.807, 2.05) is 0 Å². The molecule has 1 aliphatic carbocycles. The van der Waals surface area contributed by atoms with E-state index in [9.17, 15) is 0 Å². The summed E-state index contributed by atoms with van der Waals surface area (Å²) in [6.07, 6.45) is 5.53. The molecule has 0 bridgehead atoms. The van der Waals surface area contributed by atoms with Crippen LogP contribution in [0.25, 0.3) is 0 Å². The van der Waals surface area contributed by atoms with E-state index in [1.165, 1.54) is 25.7 Å². The Hall–Kier alpha value is -0.0800. The highest BCUT2D eigenvalue weighted by Crippen LogP contribution is 2.33. The average Bonchev–Trinajstić information content (AvgIpc) is 2.27. The molecule has 0 saturated heterocycles. The fraction of sp³-hybridized carbons (Fsp3) is 1.00. The predicted octanol–water partition coefficient (Wildman–Crippen LogP) is 2.87. The summed E-state index contributed by atoms with van der Waals surface area (Å²) in [5.41, 5.74) is 6.17. The van der Waals surface area contributed by atoms with Gasteiger partial charge in [-0.05, 0) is 38.6 Å². The van der Waals surface area contributed by atoms with Gasteiger partial charge in [0.05, 0.1) is 0 Å². The van der Waals surface area contributed by atoms with Crippen molar-refractivity contribution in [2.24, 2.45) is 17.6 Å². The van der Waals surface area contributed by atoms with Gasteiger partial charge in [-0.3, -0.25) is 4.90 Å². The Labute approximate surface area is 102 Å². The SMILES string of the molecule is CC1CCCCC1N(C)C(C)(CN)C(C)C. The maximum atomic E-state index is 6.02. The molecule has 0 spiro atoms. The average molecular weight is 226 g/mol. The molecule has 3 unspecified atom stereocenters. The van der Waals surface area contributed by atoms with Gasteiger partial charge in [-0.15, -0.1) is 0 Å². The number of nitrogens with two attached hydrogens (primary N) is 1. The molecule has 0 aromatic heterocycles. The van der Waals surface area contributed by atoms with Gasteiger partial charge in [0.15, 0.2) is 0 Å². The molecule has 96 valence electrons. The summed E-state index contributed by atoms with van der Waals surface area (Å²) < 4.78 is 0. The minimum Gasteiger partial charge on any atom is -0.329 e. The summed E-state index contributed by atoms with van der Waals surface area (Å²) in [6.45, 7) is 10.1. The highest BCUT2D eigenvalue weighted by Gasteiger charge is 2.37. The van der Waals surface area contributed by atoms with E-state index >= 15 is 0 Å². The highest BCUT2D eigenvalue weighted by molar-refractivity contribution is 4.94. The highest BCUT2D eigenvalue weighted by atomic mass is 15.2. The van der Waals surface area contributed by atoms with Crippen LogP contribution in [0, 0.1) is 11.8 Å². The molecule has 3 atom stereocenters. The molecular formula is C14H30N2. The standard InChI is InChI=1S/C14H30N2/c1-11(2)14(4,10-15)16(5)13-9-7-6-8-12(13)3/h11-13H,6-10,15H2,1-5H3. The molecule has 16 heavy (non-hydrogen) atoms. The third-order valence-corrected chi connectivity index (χ3v) is 5.03. The van der Waals surface area contributed by atoms with Crippen LogP contribution in [0.1, 0.15) is 53.4 Å². The second-order valence-electron chi connectivity index (χ2n) is 6.16. The van der Waals surface area contributed by atoms with Crippen LogP contribution in [0.2, 0.25) is 0 Å². The molecule has 2 N–H and O–H groups in total. The zero-order valence-corrected chi connectivity index (χ0v) is 11.8. The first kappa shape index (κ1) is 14.0. The molecule has 0 heterocycles. The van der Waals surface area contributed by atoms with Crippen molar-refractivity contribution in [1.82, 2.24) is 4.90 Å². The Bertz CT molecular complexity index is 215. The molecular weight excluding hydrogens is 196 g/mol. The van der Waals surface area contributed by atoms with Crippen LogP contribution in [-0.4, -0.2) is 30.1 Å². The Morgan fingerprint density at radius 3 is 2.31 bits per heavy atom. The van der Waals surface area contributed by atoms with E-state index in [0.717, 1.165) is 18.5 Å². The lowest BCUT2D eigenvalue weighted by Crippen LogP contribution is -2.58. The summed E-state index contributed by atoms with van der Waals surface area (Å²) in [5.74, 6) is 1.43. The van der Waals surface area contributed by atoms with E-state index in [1.54, 1.807) is 0 Å². The number of hydrogen-bond donors (Lipinski definition) is 1. The fourth-order valence-corrected chi connectivity index (χ4v) is 3.04. The molecule has 2 heteroatoms. The molecule has 0 aliphatic heterocycles. The van der Waals surface area contributed by atoms with Gasteiger partial charge in [0, 0.05) is 18.1 Å². The van der Waals surface area contributed by atoms with Crippen LogP contribution >= 0.6 is 0 Å². The van der Waals surface area contributed by atoms with Crippen LogP contribution < -0.4 is 5.73 Å². The van der Waals surface area contributed by atoms with E-state index in [-0.39, 0.29) is 5.54 Å². The summed E-state index contributed by atoms with van der Waals surface area (Å²) in [7, 11) is 2.28. The van der Waals surface area contributed by atoms with E-state index < -0.39 is 0 Å². The van der Waals surface area contributed by atoms with Crippen molar-refractivity contribution < 1.29 is 0 Å². The van der Waals surface area contributed by atoms with Gasteiger partial charge in [0.25, 0.3) is 0 Å². The Balaban J connectivity index is 2.77. The lowest BCUT2D eigenvalue weighted by Gasteiger charge is -2.49. The van der Waals surface area contributed by atoms with Crippen molar-refractivity contribution in [2.75, 3.05) is 13.6 Å². The minimum absolute atomic E-state index is 0.149. The van der Waals surface area contributed by atoms with Gasteiger partial charge in [-0.2, -0.15) is 0 Å². The number of rotatable bonds is 4. The zero-order chi connectivity index (χ0) is 12.3. The van der Waals surface area contributed by atoms with Crippen LogP contribution in [-0.2, 0) is 0 Å². The molecule has 0 amide bonds. The quantitative estimate of drug-likeness (QED) is 0.798. The van der Waals surface area contributed by atoms with Gasteiger partial charge in [0.1, 0.15) is 0 Å². The second kappa shape index (κ2) is 5.50. The van der Waals surface area contributed by atoms with E-state index in [4.69, 9.17) is 5.73 Å². The summed E-state index contributed by atoms with van der Waals surface area (Å²) in [4.78, 5) is 2.57. The number of hydrogen-bond acceptors (Lipinski definition) is 2. The molecule has 1 aliphatic rings. The number of likely N-dealkylation sites (N-methyl/N-ethyl adjacent to an activating group) is 1. The van der Waals surface area contributed by atoms with Crippen molar-refractivity contribution in [3.05, 3.63) is 0 Å².